The van der Waals surface area contributed by atoms with Crippen molar-refractivity contribution in [1.82, 2.24) is 4.65 Å². The van der Waals surface area contributed by atoms with Gasteiger partial charge in [-0.1, -0.05) is 34.6 Å². The molecular weight excluding hydrogens is 154 g/mol. The normalized spacial score (nSPS) is 15.3. The largest absolute Gasteiger partial charge is 0.371 e. The van der Waals surface area contributed by atoms with Gasteiger partial charge in [0.15, 0.2) is 0 Å². The van der Waals surface area contributed by atoms with Crippen molar-refractivity contribution < 1.29 is 0 Å². The number of nitrogens with one attached hydrogen (secondary N) is 1. The van der Waals surface area contributed by atoms with Gasteiger partial charge >= 0.3 is 0 Å². The SMILES string of the molecule is CC(C)(C)C(C)(C)[SiH2]N[SiH3]. The summed E-state index contributed by atoms with van der Waals surface area (Å²) in [7, 11) is 1.12. The van der Waals surface area contributed by atoms with Gasteiger partial charge in [-0.15, -0.1) is 0 Å². The van der Waals surface area contributed by atoms with E-state index < -0.39 is 0 Å². The molecule has 10 heavy (non-hydrogen) atoms. The van der Waals surface area contributed by atoms with Gasteiger partial charge in [0, 0.05) is 0 Å². The Balaban J connectivity index is 4.10. The standard InChI is InChI=1S/C7H21NSi2/c1-6(2,3)7(4,5)10-8-9/h8H,10H2,1-5,9H3. The second-order valence-electron chi connectivity index (χ2n) is 4.66. The van der Waals surface area contributed by atoms with Crippen LogP contribution in [0.1, 0.15) is 34.6 Å². The predicted octanol–water partition coefficient (Wildman–Crippen LogP) is 0.185. The van der Waals surface area contributed by atoms with E-state index in [2.05, 4.69) is 39.3 Å². The van der Waals surface area contributed by atoms with Crippen LogP contribution in [0.25, 0.3) is 0 Å². The predicted molar refractivity (Wildman–Crippen MR) is 55.1 cm³/mol. The van der Waals surface area contributed by atoms with Gasteiger partial charge < -0.3 is 4.65 Å². The summed E-state index contributed by atoms with van der Waals surface area (Å²) < 4.78 is 3.49. The molecule has 0 aromatic heterocycles. The van der Waals surface area contributed by atoms with Crippen LogP contribution < -0.4 is 4.65 Å². The number of hydrogen-bond acceptors (Lipinski definition) is 1. The third-order valence-electron chi connectivity index (χ3n) is 2.65. The van der Waals surface area contributed by atoms with Crippen molar-refractivity contribution in [2.45, 2.75) is 39.7 Å². The van der Waals surface area contributed by atoms with Gasteiger partial charge in [-0.3, -0.25) is 0 Å². The molecule has 0 spiro atoms. The minimum Gasteiger partial charge on any atom is -0.371 e. The highest BCUT2D eigenvalue weighted by Gasteiger charge is 2.31. The molecule has 0 aliphatic rings. The van der Waals surface area contributed by atoms with E-state index in [1.54, 1.807) is 0 Å². The van der Waals surface area contributed by atoms with E-state index in [-0.39, 0.29) is 9.68 Å². The molecule has 0 rings (SSSR count). The Labute approximate surface area is 70.4 Å². The lowest BCUT2D eigenvalue weighted by atomic mass is 9.82. The molecule has 0 radical (unpaired) electrons. The second kappa shape index (κ2) is 3.19. The summed E-state index contributed by atoms with van der Waals surface area (Å²) in [5.41, 5.74) is 0.469. The lowest BCUT2D eigenvalue weighted by Gasteiger charge is -2.38. The van der Waals surface area contributed by atoms with Crippen molar-refractivity contribution >= 4 is 20.1 Å². The third kappa shape index (κ3) is 2.56. The van der Waals surface area contributed by atoms with Crippen molar-refractivity contribution in [2.75, 3.05) is 0 Å². The molecular formula is C7H21NSi2. The quantitative estimate of drug-likeness (QED) is 0.591. The van der Waals surface area contributed by atoms with E-state index in [1.165, 1.54) is 10.4 Å². The Kier molecular flexibility index (Phi) is 3.32. The number of rotatable bonds is 2. The van der Waals surface area contributed by atoms with E-state index in [0.29, 0.717) is 10.5 Å². The Bertz CT molecular complexity index is 105. The van der Waals surface area contributed by atoms with Crippen LogP contribution in [0.2, 0.25) is 5.04 Å². The van der Waals surface area contributed by atoms with Crippen LogP contribution in [0.3, 0.4) is 0 Å². The van der Waals surface area contributed by atoms with Crippen LogP contribution in [0.5, 0.6) is 0 Å². The second-order valence-corrected chi connectivity index (χ2v) is 9.61. The van der Waals surface area contributed by atoms with Crippen LogP contribution in [0, 0.1) is 5.41 Å². The highest BCUT2D eigenvalue weighted by molar-refractivity contribution is 6.45. The van der Waals surface area contributed by atoms with Gasteiger partial charge in [-0.2, -0.15) is 0 Å². The highest BCUT2D eigenvalue weighted by Crippen LogP contribution is 2.42. The first-order chi connectivity index (χ1) is 4.31. The van der Waals surface area contributed by atoms with E-state index in [0.717, 1.165) is 0 Å². The molecule has 0 saturated carbocycles. The summed E-state index contributed by atoms with van der Waals surface area (Å²) in [4.78, 5) is 0. The Morgan fingerprint density at radius 2 is 1.50 bits per heavy atom. The minimum absolute atomic E-state index is 0.0428. The summed E-state index contributed by atoms with van der Waals surface area (Å²) >= 11 is 0. The van der Waals surface area contributed by atoms with Gasteiger partial charge in [0.05, 0.1) is 20.1 Å². The van der Waals surface area contributed by atoms with Gasteiger partial charge in [0.1, 0.15) is 0 Å². The van der Waals surface area contributed by atoms with E-state index in [1.807, 2.05) is 0 Å². The molecule has 1 nitrogen and oxygen atoms in total. The first kappa shape index (κ1) is 10.4. The molecule has 62 valence electrons. The fraction of sp³-hybridized carbons (Fsp3) is 1.00. The van der Waals surface area contributed by atoms with Gasteiger partial charge in [-0.25, -0.2) is 0 Å². The van der Waals surface area contributed by atoms with E-state index in [4.69, 9.17) is 0 Å². The molecule has 0 amide bonds. The van der Waals surface area contributed by atoms with Crippen LogP contribution >= 0.6 is 0 Å². The first-order valence-electron chi connectivity index (χ1n) is 3.96. The summed E-state index contributed by atoms with van der Waals surface area (Å²) in [6, 6.07) is 0. The van der Waals surface area contributed by atoms with Gasteiger partial charge in [0.2, 0.25) is 0 Å². The molecule has 0 heterocycles. The average Bonchev–Trinajstić information content (AvgIpc) is 1.61. The smallest absolute Gasteiger partial charge is 0.0905 e. The lowest BCUT2D eigenvalue weighted by Crippen LogP contribution is -2.36. The van der Waals surface area contributed by atoms with Crippen LogP contribution in [-0.4, -0.2) is 20.1 Å². The summed E-state index contributed by atoms with van der Waals surface area (Å²) in [5.74, 6) is 0. The molecule has 1 N–H and O–H groups in total. The Morgan fingerprint density at radius 3 is 1.60 bits per heavy atom. The molecule has 0 fully saturated rings. The summed E-state index contributed by atoms with van der Waals surface area (Å²) in [6.45, 7) is 11.8. The van der Waals surface area contributed by atoms with Gasteiger partial charge in [0.25, 0.3) is 0 Å². The highest BCUT2D eigenvalue weighted by atomic mass is 28.3. The zero-order valence-electron chi connectivity index (χ0n) is 8.21. The van der Waals surface area contributed by atoms with Crippen LogP contribution in [0.4, 0.5) is 0 Å². The van der Waals surface area contributed by atoms with Crippen molar-refractivity contribution in [2.24, 2.45) is 5.41 Å². The zero-order valence-corrected chi connectivity index (χ0v) is 11.6. The lowest BCUT2D eigenvalue weighted by molar-refractivity contribution is 0.297. The summed E-state index contributed by atoms with van der Waals surface area (Å²) in [6.07, 6.45) is 0. The molecule has 0 aliphatic heterocycles. The first-order valence-corrected chi connectivity index (χ1v) is 6.37. The molecule has 0 aromatic carbocycles. The fourth-order valence-electron chi connectivity index (χ4n) is 0.707. The molecule has 3 heteroatoms. The molecule has 0 aromatic rings. The van der Waals surface area contributed by atoms with Crippen molar-refractivity contribution in [3.8, 4) is 0 Å². The van der Waals surface area contributed by atoms with Crippen LogP contribution in [0.15, 0.2) is 0 Å². The Hall–Kier alpha value is 0.394. The molecule has 0 bridgehead atoms. The fourth-order valence-corrected chi connectivity index (χ4v) is 4.77. The maximum Gasteiger partial charge on any atom is 0.0905 e. The molecule has 0 unspecified atom stereocenters. The van der Waals surface area contributed by atoms with Crippen molar-refractivity contribution in [3.05, 3.63) is 0 Å². The third-order valence-corrected chi connectivity index (χ3v) is 6.01. The Morgan fingerprint density at radius 1 is 1.10 bits per heavy atom. The van der Waals surface area contributed by atoms with E-state index >= 15 is 0 Å². The molecule has 0 atom stereocenters. The van der Waals surface area contributed by atoms with Crippen LogP contribution in [-0.2, 0) is 0 Å². The monoisotopic (exact) mass is 175 g/mol. The molecule has 0 saturated heterocycles. The average molecular weight is 175 g/mol. The van der Waals surface area contributed by atoms with E-state index in [9.17, 15) is 0 Å². The number of hydrogen-bond donors (Lipinski definition) is 1. The maximum absolute atomic E-state index is 3.49. The topological polar surface area (TPSA) is 12.0 Å². The molecule has 0 aliphatic carbocycles. The van der Waals surface area contributed by atoms with Crippen molar-refractivity contribution in [3.63, 3.8) is 0 Å². The van der Waals surface area contributed by atoms with Crippen molar-refractivity contribution in [1.29, 1.82) is 0 Å². The minimum atomic E-state index is -0.0428. The zero-order chi connectivity index (χ0) is 8.41. The van der Waals surface area contributed by atoms with Gasteiger partial charge in [-0.05, 0) is 10.5 Å². The summed E-state index contributed by atoms with van der Waals surface area (Å²) in [5, 5.41) is 0.550. The maximum atomic E-state index is 3.49.